The van der Waals surface area contributed by atoms with Crippen molar-refractivity contribution < 1.29 is 4.74 Å². The third-order valence-corrected chi connectivity index (χ3v) is 3.44. The van der Waals surface area contributed by atoms with Gasteiger partial charge in [-0.3, -0.25) is 0 Å². The number of rotatable bonds is 6. The van der Waals surface area contributed by atoms with Crippen LogP contribution in [0.2, 0.25) is 0 Å². The molecule has 1 aromatic heterocycles. The topological polar surface area (TPSA) is 39.1 Å². The Kier molecular flexibility index (Phi) is 4.99. The summed E-state index contributed by atoms with van der Waals surface area (Å²) in [5, 5.41) is 3.40. The lowest BCUT2D eigenvalue weighted by Gasteiger charge is -2.17. The van der Waals surface area contributed by atoms with E-state index in [4.69, 9.17) is 9.72 Å². The van der Waals surface area contributed by atoms with Gasteiger partial charge in [0.05, 0.1) is 12.3 Å². The Morgan fingerprint density at radius 3 is 2.79 bits per heavy atom. The van der Waals surface area contributed by atoms with Gasteiger partial charge >= 0.3 is 0 Å². The van der Waals surface area contributed by atoms with Crippen molar-refractivity contribution in [3.05, 3.63) is 17.2 Å². The lowest BCUT2D eigenvalue weighted by molar-refractivity contribution is 0.102. The summed E-state index contributed by atoms with van der Waals surface area (Å²) in [7, 11) is 0. The first-order valence-corrected chi connectivity index (χ1v) is 7.46. The number of hydrogen-bond donors (Lipinski definition) is 1. The van der Waals surface area contributed by atoms with E-state index in [0.29, 0.717) is 11.8 Å². The fourth-order valence-electron chi connectivity index (χ4n) is 2.56. The quantitative estimate of drug-likeness (QED) is 0.802. The summed E-state index contributed by atoms with van der Waals surface area (Å²) in [4.78, 5) is 4.81. The van der Waals surface area contributed by atoms with E-state index in [2.05, 4.69) is 37.6 Å². The molecule has 1 aliphatic rings. The van der Waals surface area contributed by atoms with E-state index < -0.39 is 0 Å². The molecule has 0 unspecified atom stereocenters. The number of ether oxygens (including phenoxy) is 1. The average molecular weight is 265 g/mol. The van der Waals surface area contributed by atoms with Crippen LogP contribution in [0.25, 0.3) is 0 Å². The maximum Gasteiger partial charge on any atom is 0.111 e. The third kappa shape index (κ3) is 3.57. The summed E-state index contributed by atoms with van der Waals surface area (Å²) in [5.74, 6) is 2.28. The third-order valence-electron chi connectivity index (χ3n) is 3.44. The van der Waals surface area contributed by atoms with Gasteiger partial charge in [0.2, 0.25) is 0 Å². The summed E-state index contributed by atoms with van der Waals surface area (Å²) in [6.07, 6.45) is 1.08. The summed E-state index contributed by atoms with van der Waals surface area (Å²) in [6, 6.07) is 0. The van der Waals surface area contributed by atoms with Crippen LogP contribution in [0.15, 0.2) is 0 Å². The second kappa shape index (κ2) is 6.53. The summed E-state index contributed by atoms with van der Waals surface area (Å²) >= 11 is 0. The average Bonchev–Trinajstić information content (AvgIpc) is 2.73. The van der Waals surface area contributed by atoms with E-state index in [1.165, 1.54) is 17.2 Å². The highest BCUT2D eigenvalue weighted by Crippen LogP contribution is 2.21. The molecule has 0 fully saturated rings. The molecule has 1 aromatic rings. The zero-order valence-corrected chi connectivity index (χ0v) is 12.7. The standard InChI is InChI=1S/C15H27N3O/c1-11(2)10-19-8-7-18-14-5-6-16-9-13(14)17-15(18)12(3)4/h11-12,16H,5-10H2,1-4H3. The Morgan fingerprint density at radius 1 is 1.32 bits per heavy atom. The van der Waals surface area contributed by atoms with E-state index in [-0.39, 0.29) is 0 Å². The normalized spacial score (nSPS) is 15.3. The van der Waals surface area contributed by atoms with Gasteiger partial charge in [-0.15, -0.1) is 0 Å². The van der Waals surface area contributed by atoms with Gasteiger partial charge in [-0.05, 0) is 5.92 Å². The van der Waals surface area contributed by atoms with E-state index in [0.717, 1.165) is 39.3 Å². The van der Waals surface area contributed by atoms with Crippen LogP contribution in [-0.4, -0.2) is 29.3 Å². The van der Waals surface area contributed by atoms with E-state index >= 15 is 0 Å². The molecule has 0 spiro atoms. The SMILES string of the molecule is CC(C)COCCn1c(C(C)C)nc2c1CCNC2. The lowest BCUT2D eigenvalue weighted by atomic mass is 10.2. The summed E-state index contributed by atoms with van der Waals surface area (Å²) < 4.78 is 8.12. The Balaban J connectivity index is 2.06. The van der Waals surface area contributed by atoms with Crippen LogP contribution in [-0.2, 0) is 24.2 Å². The molecule has 0 atom stereocenters. The number of aromatic nitrogens is 2. The largest absolute Gasteiger partial charge is 0.379 e. The number of imidazole rings is 1. The molecular formula is C15H27N3O. The first-order valence-electron chi connectivity index (χ1n) is 7.46. The molecule has 0 aromatic carbocycles. The highest BCUT2D eigenvalue weighted by molar-refractivity contribution is 5.21. The van der Waals surface area contributed by atoms with Gasteiger partial charge in [-0.25, -0.2) is 4.98 Å². The van der Waals surface area contributed by atoms with Crippen molar-refractivity contribution in [1.82, 2.24) is 14.9 Å². The van der Waals surface area contributed by atoms with Crippen molar-refractivity contribution in [1.29, 1.82) is 0 Å². The van der Waals surface area contributed by atoms with Gasteiger partial charge in [0, 0.05) is 44.3 Å². The van der Waals surface area contributed by atoms with Crippen LogP contribution in [0, 0.1) is 5.92 Å². The molecule has 19 heavy (non-hydrogen) atoms. The van der Waals surface area contributed by atoms with Crippen LogP contribution in [0.4, 0.5) is 0 Å². The first kappa shape index (κ1) is 14.5. The van der Waals surface area contributed by atoms with Crippen LogP contribution >= 0.6 is 0 Å². The molecule has 4 heteroatoms. The first-order chi connectivity index (χ1) is 9.09. The molecule has 0 radical (unpaired) electrons. The van der Waals surface area contributed by atoms with Gasteiger partial charge in [0.1, 0.15) is 5.82 Å². The molecule has 0 amide bonds. The Hall–Kier alpha value is -0.870. The maximum atomic E-state index is 5.73. The van der Waals surface area contributed by atoms with Gasteiger partial charge in [0.15, 0.2) is 0 Å². The minimum Gasteiger partial charge on any atom is -0.379 e. The minimum atomic E-state index is 0.468. The van der Waals surface area contributed by atoms with Crippen LogP contribution in [0.5, 0.6) is 0 Å². The molecule has 0 aliphatic carbocycles. The molecule has 0 bridgehead atoms. The molecule has 0 saturated heterocycles. The van der Waals surface area contributed by atoms with Gasteiger partial charge < -0.3 is 14.6 Å². The zero-order valence-electron chi connectivity index (χ0n) is 12.7. The fraction of sp³-hybridized carbons (Fsp3) is 0.800. The second-order valence-electron chi connectivity index (χ2n) is 6.07. The van der Waals surface area contributed by atoms with Crippen molar-refractivity contribution in [2.45, 2.75) is 53.1 Å². The monoisotopic (exact) mass is 265 g/mol. The number of nitrogens with zero attached hydrogens (tertiary/aromatic N) is 2. The molecule has 1 N–H and O–H groups in total. The van der Waals surface area contributed by atoms with Crippen LogP contribution in [0.1, 0.15) is 50.8 Å². The Morgan fingerprint density at radius 2 is 2.11 bits per heavy atom. The van der Waals surface area contributed by atoms with Gasteiger partial charge in [-0.2, -0.15) is 0 Å². The number of nitrogens with one attached hydrogen (secondary N) is 1. The van der Waals surface area contributed by atoms with E-state index in [1.807, 2.05) is 0 Å². The Labute approximate surface area is 116 Å². The highest BCUT2D eigenvalue weighted by atomic mass is 16.5. The Bertz CT molecular complexity index is 410. The summed E-state index contributed by atoms with van der Waals surface area (Å²) in [6.45, 7) is 13.3. The van der Waals surface area contributed by atoms with E-state index in [1.54, 1.807) is 0 Å². The molecule has 4 nitrogen and oxygen atoms in total. The predicted molar refractivity (Wildman–Crippen MR) is 77.4 cm³/mol. The number of hydrogen-bond acceptors (Lipinski definition) is 3. The number of fused-ring (bicyclic) bond motifs is 1. The van der Waals surface area contributed by atoms with E-state index in [9.17, 15) is 0 Å². The second-order valence-corrected chi connectivity index (χ2v) is 6.07. The fourth-order valence-corrected chi connectivity index (χ4v) is 2.56. The molecule has 0 saturated carbocycles. The van der Waals surface area contributed by atoms with Crippen LogP contribution in [0.3, 0.4) is 0 Å². The molecule has 1 aliphatic heterocycles. The van der Waals surface area contributed by atoms with Gasteiger partial charge in [0.25, 0.3) is 0 Å². The van der Waals surface area contributed by atoms with Gasteiger partial charge in [-0.1, -0.05) is 27.7 Å². The van der Waals surface area contributed by atoms with Crippen molar-refractivity contribution in [3.8, 4) is 0 Å². The predicted octanol–water partition coefficient (Wildman–Crippen LogP) is 2.32. The highest BCUT2D eigenvalue weighted by Gasteiger charge is 2.20. The lowest BCUT2D eigenvalue weighted by Crippen LogP contribution is -2.25. The molecule has 2 heterocycles. The zero-order chi connectivity index (χ0) is 13.8. The minimum absolute atomic E-state index is 0.468. The maximum absolute atomic E-state index is 5.73. The van der Waals surface area contributed by atoms with Crippen molar-refractivity contribution in [2.24, 2.45) is 5.92 Å². The molecule has 2 rings (SSSR count). The van der Waals surface area contributed by atoms with Crippen LogP contribution < -0.4 is 5.32 Å². The van der Waals surface area contributed by atoms with Crippen molar-refractivity contribution in [2.75, 3.05) is 19.8 Å². The smallest absolute Gasteiger partial charge is 0.111 e. The molecule has 108 valence electrons. The molecular weight excluding hydrogens is 238 g/mol. The summed E-state index contributed by atoms with van der Waals surface area (Å²) in [5.41, 5.74) is 2.65. The van der Waals surface area contributed by atoms with Crippen molar-refractivity contribution >= 4 is 0 Å². The van der Waals surface area contributed by atoms with Crippen molar-refractivity contribution in [3.63, 3.8) is 0 Å².